The molecule has 2 aromatic rings. The molecule has 0 saturated carbocycles. The van der Waals surface area contributed by atoms with Crippen molar-refractivity contribution in [2.45, 2.75) is 32.2 Å². The van der Waals surface area contributed by atoms with E-state index >= 15 is 0 Å². The molecule has 1 aliphatic heterocycles. The standard InChI is InChI=1S/C21H21N3O5S/c1-11-12(2)30-17(16(11)18(26)29-3)22-15(25)10-24-19(27)21(23-20(24)28)9-8-13-6-4-5-7-14(13)21/h4-7H,8-10H2,1-3H3,(H,22,25)(H,23,28). The zero-order chi connectivity index (χ0) is 21.6. The van der Waals surface area contributed by atoms with Gasteiger partial charge in [-0.1, -0.05) is 24.3 Å². The number of ether oxygens (including phenoxy) is 1. The first-order valence-corrected chi connectivity index (χ1v) is 10.3. The van der Waals surface area contributed by atoms with Gasteiger partial charge in [0.05, 0.1) is 12.7 Å². The number of rotatable bonds is 4. The number of carbonyl (C=O) groups is 4. The zero-order valence-corrected chi connectivity index (χ0v) is 17.6. The van der Waals surface area contributed by atoms with E-state index < -0.39 is 35.9 Å². The van der Waals surface area contributed by atoms with Crippen molar-refractivity contribution in [3.05, 3.63) is 51.4 Å². The number of methoxy groups -OCH3 is 1. The number of urea groups is 1. The second-order valence-electron chi connectivity index (χ2n) is 7.41. The lowest BCUT2D eigenvalue weighted by Gasteiger charge is -2.22. The number of hydrogen-bond acceptors (Lipinski definition) is 6. The molecule has 30 heavy (non-hydrogen) atoms. The highest BCUT2D eigenvalue weighted by Crippen LogP contribution is 2.41. The van der Waals surface area contributed by atoms with Crippen molar-refractivity contribution in [1.82, 2.24) is 10.2 Å². The number of benzene rings is 1. The number of imide groups is 1. The summed E-state index contributed by atoms with van der Waals surface area (Å²) in [6.07, 6.45) is 1.14. The largest absolute Gasteiger partial charge is 0.465 e. The fraction of sp³-hybridized carbons (Fsp3) is 0.333. The summed E-state index contributed by atoms with van der Waals surface area (Å²) in [5.41, 5.74) is 1.69. The molecule has 0 radical (unpaired) electrons. The molecule has 1 saturated heterocycles. The van der Waals surface area contributed by atoms with E-state index in [0.717, 1.165) is 26.5 Å². The van der Waals surface area contributed by atoms with Gasteiger partial charge in [-0.05, 0) is 43.4 Å². The van der Waals surface area contributed by atoms with Crippen molar-refractivity contribution in [1.29, 1.82) is 0 Å². The minimum atomic E-state index is -1.11. The van der Waals surface area contributed by atoms with Crippen LogP contribution in [0.25, 0.3) is 0 Å². The van der Waals surface area contributed by atoms with E-state index in [9.17, 15) is 19.2 Å². The highest BCUT2D eigenvalue weighted by molar-refractivity contribution is 7.16. The molecular weight excluding hydrogens is 406 g/mol. The predicted molar refractivity (Wildman–Crippen MR) is 110 cm³/mol. The van der Waals surface area contributed by atoms with Crippen LogP contribution in [0.2, 0.25) is 0 Å². The number of aryl methyl sites for hydroxylation is 2. The third kappa shape index (κ3) is 2.97. The molecule has 2 N–H and O–H groups in total. The molecule has 2 heterocycles. The van der Waals surface area contributed by atoms with Crippen LogP contribution in [0.3, 0.4) is 0 Å². The lowest BCUT2D eigenvalue weighted by atomic mass is 9.92. The van der Waals surface area contributed by atoms with Gasteiger partial charge < -0.3 is 15.4 Å². The number of thiophene rings is 1. The summed E-state index contributed by atoms with van der Waals surface area (Å²) in [7, 11) is 1.27. The smallest absolute Gasteiger partial charge is 0.341 e. The Morgan fingerprint density at radius 3 is 2.73 bits per heavy atom. The van der Waals surface area contributed by atoms with Crippen LogP contribution in [-0.4, -0.2) is 42.4 Å². The third-order valence-corrected chi connectivity index (χ3v) is 6.87. The molecule has 2 aliphatic rings. The average Bonchev–Trinajstić information content (AvgIpc) is 3.31. The molecular formula is C21H21N3O5S. The number of hydrogen-bond donors (Lipinski definition) is 2. The summed E-state index contributed by atoms with van der Waals surface area (Å²) < 4.78 is 4.80. The van der Waals surface area contributed by atoms with E-state index in [2.05, 4.69) is 10.6 Å². The number of carbonyl (C=O) groups excluding carboxylic acids is 4. The van der Waals surface area contributed by atoms with Gasteiger partial charge in [0.2, 0.25) is 5.91 Å². The van der Waals surface area contributed by atoms with Gasteiger partial charge in [-0.15, -0.1) is 11.3 Å². The summed E-state index contributed by atoms with van der Waals surface area (Å²) in [6, 6.07) is 6.90. The molecule has 156 valence electrons. The average molecular weight is 427 g/mol. The van der Waals surface area contributed by atoms with E-state index in [1.165, 1.54) is 18.4 Å². The number of amides is 4. The van der Waals surface area contributed by atoms with Crippen molar-refractivity contribution in [2.75, 3.05) is 19.0 Å². The van der Waals surface area contributed by atoms with Crippen molar-refractivity contribution in [2.24, 2.45) is 0 Å². The summed E-state index contributed by atoms with van der Waals surface area (Å²) >= 11 is 1.25. The lowest BCUT2D eigenvalue weighted by molar-refractivity contribution is -0.134. The summed E-state index contributed by atoms with van der Waals surface area (Å²) in [6.45, 7) is 3.17. The van der Waals surface area contributed by atoms with E-state index in [-0.39, 0.29) is 5.56 Å². The summed E-state index contributed by atoms with van der Waals surface area (Å²) in [5.74, 6) is -1.55. The first kappa shape index (κ1) is 20.1. The van der Waals surface area contributed by atoms with Crippen molar-refractivity contribution in [3.63, 3.8) is 0 Å². The van der Waals surface area contributed by atoms with E-state index in [0.29, 0.717) is 17.8 Å². The van der Waals surface area contributed by atoms with Gasteiger partial charge in [0, 0.05) is 4.88 Å². The Morgan fingerprint density at radius 1 is 1.27 bits per heavy atom. The maximum atomic E-state index is 13.2. The van der Waals surface area contributed by atoms with Gasteiger partial charge >= 0.3 is 12.0 Å². The van der Waals surface area contributed by atoms with Gasteiger partial charge in [-0.2, -0.15) is 0 Å². The third-order valence-electron chi connectivity index (χ3n) is 5.75. The van der Waals surface area contributed by atoms with Gasteiger partial charge in [0.15, 0.2) is 0 Å². The van der Waals surface area contributed by atoms with Crippen LogP contribution in [0, 0.1) is 13.8 Å². The number of anilines is 1. The summed E-state index contributed by atoms with van der Waals surface area (Å²) in [4.78, 5) is 52.3. The minimum Gasteiger partial charge on any atom is -0.465 e. The first-order valence-electron chi connectivity index (χ1n) is 9.49. The molecule has 1 spiro atoms. The van der Waals surface area contributed by atoms with Crippen LogP contribution in [0.5, 0.6) is 0 Å². The minimum absolute atomic E-state index is 0.284. The molecule has 8 nitrogen and oxygen atoms in total. The van der Waals surface area contributed by atoms with Crippen LogP contribution >= 0.6 is 11.3 Å². The molecule has 0 bridgehead atoms. The van der Waals surface area contributed by atoms with Crippen LogP contribution in [-0.2, 0) is 26.3 Å². The molecule has 9 heteroatoms. The molecule has 1 fully saturated rings. The highest BCUT2D eigenvalue weighted by Gasteiger charge is 2.55. The second kappa shape index (κ2) is 7.24. The SMILES string of the molecule is COC(=O)c1c(NC(=O)CN2C(=O)NC3(CCc4ccccc43)C2=O)sc(C)c1C. The Kier molecular flexibility index (Phi) is 4.85. The Balaban J connectivity index is 1.54. The number of fused-ring (bicyclic) bond motifs is 2. The van der Waals surface area contributed by atoms with E-state index in [1.54, 1.807) is 6.92 Å². The molecule has 1 aliphatic carbocycles. The van der Waals surface area contributed by atoms with E-state index in [1.807, 2.05) is 31.2 Å². The maximum Gasteiger partial charge on any atom is 0.341 e. The molecule has 4 amide bonds. The quantitative estimate of drug-likeness (QED) is 0.576. The number of nitrogens with one attached hydrogen (secondary N) is 2. The Labute approximate surface area is 177 Å². The first-order chi connectivity index (χ1) is 14.3. The van der Waals surface area contributed by atoms with Gasteiger partial charge in [0.25, 0.3) is 5.91 Å². The molecule has 1 aromatic carbocycles. The fourth-order valence-corrected chi connectivity index (χ4v) is 5.17. The zero-order valence-electron chi connectivity index (χ0n) is 16.8. The van der Waals surface area contributed by atoms with Gasteiger partial charge in [-0.3, -0.25) is 14.5 Å². The van der Waals surface area contributed by atoms with Crippen molar-refractivity contribution >= 4 is 40.2 Å². The monoisotopic (exact) mass is 427 g/mol. The van der Waals surface area contributed by atoms with Gasteiger partial charge in [-0.25, -0.2) is 9.59 Å². The maximum absolute atomic E-state index is 13.2. The fourth-order valence-electron chi connectivity index (χ4n) is 4.11. The van der Waals surface area contributed by atoms with Crippen molar-refractivity contribution in [3.8, 4) is 0 Å². The molecule has 1 aromatic heterocycles. The van der Waals surface area contributed by atoms with Crippen LogP contribution in [0.4, 0.5) is 9.80 Å². The lowest BCUT2D eigenvalue weighted by Crippen LogP contribution is -2.43. The normalized spacial score (nSPS) is 19.8. The summed E-state index contributed by atoms with van der Waals surface area (Å²) in [5, 5.41) is 5.79. The Hall–Kier alpha value is -3.20. The molecule has 1 atom stereocenters. The van der Waals surface area contributed by atoms with Crippen LogP contribution in [0.15, 0.2) is 24.3 Å². The van der Waals surface area contributed by atoms with E-state index in [4.69, 9.17) is 4.74 Å². The predicted octanol–water partition coefficient (Wildman–Crippen LogP) is 2.48. The Bertz CT molecular complexity index is 1090. The number of nitrogens with zero attached hydrogens (tertiary/aromatic N) is 1. The number of esters is 1. The topological polar surface area (TPSA) is 105 Å². The van der Waals surface area contributed by atoms with Crippen LogP contribution < -0.4 is 10.6 Å². The van der Waals surface area contributed by atoms with Crippen LogP contribution in [0.1, 0.15) is 38.3 Å². The molecule has 4 rings (SSSR count). The van der Waals surface area contributed by atoms with Crippen molar-refractivity contribution < 1.29 is 23.9 Å². The second-order valence-corrected chi connectivity index (χ2v) is 8.64. The highest BCUT2D eigenvalue weighted by atomic mass is 32.1. The molecule has 1 unspecified atom stereocenters. The Morgan fingerprint density at radius 2 is 2.00 bits per heavy atom. The van der Waals surface area contributed by atoms with Gasteiger partial charge in [0.1, 0.15) is 17.1 Å².